The number of amides is 1. The monoisotopic (exact) mass is 338 g/mol. The Morgan fingerprint density at radius 3 is 2.88 bits per heavy atom. The van der Waals surface area contributed by atoms with Crippen molar-refractivity contribution in [3.8, 4) is 11.3 Å². The number of rotatable bonds is 3. The topological polar surface area (TPSA) is 59.0 Å². The van der Waals surface area contributed by atoms with Gasteiger partial charge >= 0.3 is 0 Å². The second-order valence-corrected chi connectivity index (χ2v) is 7.34. The number of hydrogen-bond acceptors (Lipinski definition) is 3. The number of carbonyl (C=O) groups excluding carboxylic acids is 1. The summed E-state index contributed by atoms with van der Waals surface area (Å²) in [7, 11) is 0. The molecule has 132 valence electrons. The molecule has 2 aromatic rings. The van der Waals surface area contributed by atoms with Crippen molar-refractivity contribution < 1.29 is 4.79 Å². The molecule has 1 aromatic carbocycles. The van der Waals surface area contributed by atoms with Crippen molar-refractivity contribution in [2.24, 2.45) is 5.92 Å². The maximum atomic E-state index is 12.4. The Kier molecular flexibility index (Phi) is 4.57. The molecule has 0 unspecified atom stereocenters. The number of benzene rings is 1. The third-order valence-electron chi connectivity index (χ3n) is 5.35. The molecule has 2 aliphatic rings. The molecule has 1 saturated heterocycles. The molecular weight excluding hydrogens is 312 g/mol. The smallest absolute Gasteiger partial charge is 0.227 e. The highest BCUT2D eigenvalue weighted by Crippen LogP contribution is 2.25. The molecule has 0 aliphatic carbocycles. The molecule has 4 rings (SSSR count). The van der Waals surface area contributed by atoms with Gasteiger partial charge in [0.25, 0.3) is 0 Å². The van der Waals surface area contributed by atoms with E-state index < -0.39 is 0 Å². The Morgan fingerprint density at radius 1 is 1.28 bits per heavy atom. The van der Waals surface area contributed by atoms with Crippen molar-refractivity contribution in [1.82, 2.24) is 14.9 Å². The summed E-state index contributed by atoms with van der Waals surface area (Å²) in [6.07, 6.45) is 7.51. The molecule has 5 nitrogen and oxygen atoms in total. The lowest BCUT2D eigenvalue weighted by Gasteiger charge is -2.27. The van der Waals surface area contributed by atoms with Gasteiger partial charge in [-0.1, -0.05) is 12.1 Å². The van der Waals surface area contributed by atoms with Crippen molar-refractivity contribution in [3.63, 3.8) is 0 Å². The van der Waals surface area contributed by atoms with Crippen LogP contribution in [0.25, 0.3) is 11.3 Å². The lowest BCUT2D eigenvalue weighted by atomic mass is 9.92. The number of anilines is 1. The zero-order chi connectivity index (χ0) is 17.2. The number of piperidine rings is 1. The van der Waals surface area contributed by atoms with E-state index in [1.807, 2.05) is 12.1 Å². The van der Waals surface area contributed by atoms with Gasteiger partial charge in [0.1, 0.15) is 5.82 Å². The van der Waals surface area contributed by atoms with E-state index in [9.17, 15) is 4.79 Å². The van der Waals surface area contributed by atoms with Crippen molar-refractivity contribution in [2.75, 3.05) is 11.9 Å². The van der Waals surface area contributed by atoms with Crippen LogP contribution >= 0.6 is 0 Å². The van der Waals surface area contributed by atoms with Gasteiger partial charge in [-0.2, -0.15) is 0 Å². The van der Waals surface area contributed by atoms with E-state index >= 15 is 0 Å². The third-order valence-corrected chi connectivity index (χ3v) is 5.35. The van der Waals surface area contributed by atoms with Crippen molar-refractivity contribution in [2.45, 2.75) is 51.6 Å². The van der Waals surface area contributed by atoms with Crippen LogP contribution in [0.4, 0.5) is 5.69 Å². The van der Waals surface area contributed by atoms with Crippen LogP contribution in [0.1, 0.15) is 38.4 Å². The number of aromatic nitrogens is 2. The van der Waals surface area contributed by atoms with Crippen LogP contribution < -0.4 is 10.6 Å². The van der Waals surface area contributed by atoms with Gasteiger partial charge in [-0.15, -0.1) is 0 Å². The molecule has 25 heavy (non-hydrogen) atoms. The van der Waals surface area contributed by atoms with Gasteiger partial charge < -0.3 is 15.2 Å². The molecular formula is C20H26N4O. The predicted molar refractivity (Wildman–Crippen MR) is 99.4 cm³/mol. The number of nitrogens with zero attached hydrogens (tertiary/aromatic N) is 2. The van der Waals surface area contributed by atoms with Crippen molar-refractivity contribution >= 4 is 11.6 Å². The van der Waals surface area contributed by atoms with E-state index in [2.05, 4.69) is 40.5 Å². The summed E-state index contributed by atoms with van der Waals surface area (Å²) < 4.78 is 2.27. The van der Waals surface area contributed by atoms with Crippen LogP contribution in [-0.4, -0.2) is 28.0 Å². The van der Waals surface area contributed by atoms with Gasteiger partial charge in [0.2, 0.25) is 5.91 Å². The Morgan fingerprint density at radius 2 is 2.12 bits per heavy atom. The number of hydrogen-bond donors (Lipinski definition) is 2. The van der Waals surface area contributed by atoms with E-state index in [0.29, 0.717) is 6.04 Å². The minimum Gasteiger partial charge on any atom is -0.334 e. The van der Waals surface area contributed by atoms with E-state index in [-0.39, 0.29) is 11.8 Å². The highest BCUT2D eigenvalue weighted by Gasteiger charge is 2.24. The number of imidazole rings is 1. The average molecular weight is 338 g/mol. The molecule has 3 heterocycles. The first-order valence-corrected chi connectivity index (χ1v) is 9.40. The van der Waals surface area contributed by atoms with Gasteiger partial charge in [0.05, 0.1) is 5.69 Å². The Labute approximate surface area is 148 Å². The summed E-state index contributed by atoms with van der Waals surface area (Å²) in [5.74, 6) is 1.44. The number of nitrogens with one attached hydrogen (secondary N) is 2. The third kappa shape index (κ3) is 3.61. The van der Waals surface area contributed by atoms with Gasteiger partial charge in [0, 0.05) is 42.4 Å². The fourth-order valence-corrected chi connectivity index (χ4v) is 3.89. The lowest BCUT2D eigenvalue weighted by molar-refractivity contribution is -0.120. The largest absolute Gasteiger partial charge is 0.334 e. The lowest BCUT2D eigenvalue weighted by Crippen LogP contribution is -2.40. The van der Waals surface area contributed by atoms with Gasteiger partial charge in [-0.3, -0.25) is 4.79 Å². The minimum atomic E-state index is 0.107. The van der Waals surface area contributed by atoms with Gasteiger partial charge in [-0.05, 0) is 51.3 Å². The van der Waals surface area contributed by atoms with Crippen LogP contribution in [0.3, 0.4) is 0 Å². The molecule has 0 spiro atoms. The Hall–Kier alpha value is -2.14. The minimum absolute atomic E-state index is 0.107. The Balaban J connectivity index is 1.43. The van der Waals surface area contributed by atoms with Crippen molar-refractivity contribution in [1.29, 1.82) is 0 Å². The normalized spacial score (nSPS) is 23.1. The zero-order valence-electron chi connectivity index (χ0n) is 14.8. The zero-order valence-corrected chi connectivity index (χ0v) is 14.8. The van der Waals surface area contributed by atoms with E-state index in [1.54, 1.807) is 0 Å². The SMILES string of the molecule is C[C@H]1C[C@@H](C(=O)Nc2ccc(-c3cn4c(n3)CCCC4)cc2)CCN1. The highest BCUT2D eigenvalue weighted by atomic mass is 16.1. The van der Waals surface area contributed by atoms with Crippen LogP contribution in [0.15, 0.2) is 30.5 Å². The molecule has 1 fully saturated rings. The maximum absolute atomic E-state index is 12.4. The molecule has 0 saturated carbocycles. The molecule has 5 heteroatoms. The van der Waals surface area contributed by atoms with Crippen LogP contribution in [0.2, 0.25) is 0 Å². The molecule has 2 aliphatic heterocycles. The van der Waals surface area contributed by atoms with Crippen LogP contribution in [0, 0.1) is 5.92 Å². The van der Waals surface area contributed by atoms with E-state index in [0.717, 1.165) is 49.3 Å². The quantitative estimate of drug-likeness (QED) is 0.903. The molecule has 1 amide bonds. The number of aryl methyl sites for hydroxylation is 2. The summed E-state index contributed by atoms with van der Waals surface area (Å²) >= 11 is 0. The molecule has 2 atom stereocenters. The standard InChI is InChI=1S/C20H26N4O/c1-14-12-16(9-10-21-14)20(25)22-17-7-5-15(6-8-17)18-13-24-11-3-2-4-19(24)23-18/h5-8,13-14,16,21H,2-4,9-12H2,1H3,(H,22,25)/t14-,16-/m0/s1. The molecule has 1 aromatic heterocycles. The number of fused-ring (bicyclic) bond motifs is 1. The maximum Gasteiger partial charge on any atom is 0.227 e. The Bertz CT molecular complexity index is 726. The van der Waals surface area contributed by atoms with E-state index in [1.165, 1.54) is 18.7 Å². The predicted octanol–water partition coefficient (Wildman–Crippen LogP) is 3.21. The molecule has 2 N–H and O–H groups in total. The van der Waals surface area contributed by atoms with Crippen molar-refractivity contribution in [3.05, 3.63) is 36.3 Å². The first kappa shape index (κ1) is 16.3. The number of carbonyl (C=O) groups is 1. The molecule has 0 radical (unpaired) electrons. The first-order chi connectivity index (χ1) is 12.2. The molecule has 0 bridgehead atoms. The van der Waals surface area contributed by atoms with E-state index in [4.69, 9.17) is 4.98 Å². The highest BCUT2D eigenvalue weighted by molar-refractivity contribution is 5.92. The summed E-state index contributed by atoms with van der Waals surface area (Å²) in [5.41, 5.74) is 3.00. The summed E-state index contributed by atoms with van der Waals surface area (Å²) in [5, 5.41) is 6.46. The average Bonchev–Trinajstić information content (AvgIpc) is 3.06. The summed E-state index contributed by atoms with van der Waals surface area (Å²) in [4.78, 5) is 17.2. The van der Waals surface area contributed by atoms with Crippen LogP contribution in [-0.2, 0) is 17.8 Å². The first-order valence-electron chi connectivity index (χ1n) is 9.40. The second kappa shape index (κ2) is 7.00. The van der Waals surface area contributed by atoms with Gasteiger partial charge in [-0.25, -0.2) is 4.98 Å². The summed E-state index contributed by atoms with van der Waals surface area (Å²) in [6, 6.07) is 8.48. The second-order valence-electron chi connectivity index (χ2n) is 7.34. The van der Waals surface area contributed by atoms with Gasteiger partial charge in [0.15, 0.2) is 0 Å². The summed E-state index contributed by atoms with van der Waals surface area (Å²) in [6.45, 7) is 4.13. The fraction of sp³-hybridized carbons (Fsp3) is 0.500. The fourth-order valence-electron chi connectivity index (χ4n) is 3.89. The van der Waals surface area contributed by atoms with Crippen LogP contribution in [0.5, 0.6) is 0 Å².